The molecule has 2 amide bonds. The van der Waals surface area contributed by atoms with Gasteiger partial charge in [0.15, 0.2) is 0 Å². The second-order valence-electron chi connectivity index (χ2n) is 3.56. The van der Waals surface area contributed by atoms with Crippen molar-refractivity contribution in [3.05, 3.63) is 24.3 Å². The highest BCUT2D eigenvalue weighted by molar-refractivity contribution is 5.89. The molecule has 0 radical (unpaired) electrons. The van der Waals surface area contributed by atoms with E-state index in [0.717, 1.165) is 11.4 Å². The molecule has 0 heterocycles. The van der Waals surface area contributed by atoms with E-state index in [9.17, 15) is 4.79 Å². The van der Waals surface area contributed by atoms with Crippen LogP contribution in [0.3, 0.4) is 0 Å². The van der Waals surface area contributed by atoms with Crippen LogP contribution in [0, 0.1) is 0 Å². The molecular weight excluding hydrogens is 216 g/mol. The van der Waals surface area contributed by atoms with Crippen molar-refractivity contribution in [1.29, 1.82) is 0 Å². The summed E-state index contributed by atoms with van der Waals surface area (Å²) in [5, 5.41) is 2.85. The van der Waals surface area contributed by atoms with Crippen molar-refractivity contribution in [2.45, 2.75) is 20.8 Å². The van der Waals surface area contributed by atoms with Gasteiger partial charge in [-0.3, -0.25) is 0 Å². The Morgan fingerprint density at radius 2 is 2.00 bits per heavy atom. The quantitative estimate of drug-likeness (QED) is 0.854. The van der Waals surface area contributed by atoms with Crippen molar-refractivity contribution in [3.8, 4) is 5.75 Å². The molecule has 0 atom stereocenters. The van der Waals surface area contributed by atoms with Crippen LogP contribution in [-0.2, 0) is 0 Å². The molecule has 4 heteroatoms. The highest BCUT2D eigenvalue weighted by Gasteiger charge is 2.09. The Morgan fingerprint density at radius 3 is 2.59 bits per heavy atom. The molecule has 0 saturated carbocycles. The lowest BCUT2D eigenvalue weighted by atomic mass is 10.3. The maximum atomic E-state index is 11.8. The third-order valence-electron chi connectivity index (χ3n) is 2.45. The Hall–Kier alpha value is -1.71. The molecule has 0 fully saturated rings. The molecule has 0 spiro atoms. The molecule has 0 aliphatic heterocycles. The third-order valence-corrected chi connectivity index (χ3v) is 2.45. The molecule has 1 aromatic carbocycles. The number of anilines is 1. The van der Waals surface area contributed by atoms with Crippen molar-refractivity contribution >= 4 is 11.7 Å². The first-order valence-corrected chi connectivity index (χ1v) is 6.00. The summed E-state index contributed by atoms with van der Waals surface area (Å²) in [7, 11) is 0. The number of ether oxygens (including phenoxy) is 1. The molecule has 1 aromatic rings. The van der Waals surface area contributed by atoms with Crippen LogP contribution in [0.25, 0.3) is 0 Å². The van der Waals surface area contributed by atoms with Gasteiger partial charge in [-0.2, -0.15) is 0 Å². The minimum atomic E-state index is -0.0800. The Bertz CT molecular complexity index is 362. The second kappa shape index (κ2) is 6.78. The fourth-order valence-corrected chi connectivity index (χ4v) is 1.54. The number of amides is 2. The van der Waals surface area contributed by atoms with Crippen molar-refractivity contribution in [3.63, 3.8) is 0 Å². The average molecular weight is 236 g/mol. The van der Waals surface area contributed by atoms with Crippen LogP contribution in [0.15, 0.2) is 24.3 Å². The summed E-state index contributed by atoms with van der Waals surface area (Å²) >= 11 is 0. The van der Waals surface area contributed by atoms with Crippen LogP contribution in [0.5, 0.6) is 5.75 Å². The normalized spacial score (nSPS) is 9.82. The minimum Gasteiger partial charge on any atom is -0.494 e. The zero-order valence-corrected chi connectivity index (χ0v) is 10.7. The summed E-state index contributed by atoms with van der Waals surface area (Å²) in [6.07, 6.45) is 0. The summed E-state index contributed by atoms with van der Waals surface area (Å²) in [6, 6.07) is 7.33. The number of rotatable bonds is 5. The van der Waals surface area contributed by atoms with Gasteiger partial charge >= 0.3 is 6.03 Å². The van der Waals surface area contributed by atoms with E-state index in [4.69, 9.17) is 4.74 Å². The molecular formula is C13H20N2O2. The number of carbonyl (C=O) groups is 1. The minimum absolute atomic E-state index is 0.0800. The lowest BCUT2D eigenvalue weighted by molar-refractivity contribution is 0.217. The monoisotopic (exact) mass is 236 g/mol. The summed E-state index contributed by atoms with van der Waals surface area (Å²) in [5.74, 6) is 0.768. The molecule has 0 saturated heterocycles. The van der Waals surface area contributed by atoms with Gasteiger partial charge in [-0.1, -0.05) is 6.07 Å². The van der Waals surface area contributed by atoms with E-state index in [1.165, 1.54) is 0 Å². The SMILES string of the molecule is CCOc1cccc(NC(=O)N(CC)CC)c1. The molecule has 1 rings (SSSR count). The number of hydrogen-bond acceptors (Lipinski definition) is 2. The molecule has 94 valence electrons. The maximum absolute atomic E-state index is 11.8. The van der Waals surface area contributed by atoms with Crippen molar-refractivity contribution < 1.29 is 9.53 Å². The summed E-state index contributed by atoms with van der Waals surface area (Å²) in [4.78, 5) is 13.5. The number of nitrogens with zero attached hydrogens (tertiary/aromatic N) is 1. The smallest absolute Gasteiger partial charge is 0.321 e. The molecule has 0 aromatic heterocycles. The van der Waals surface area contributed by atoms with Gasteiger partial charge in [0.2, 0.25) is 0 Å². The van der Waals surface area contributed by atoms with E-state index in [-0.39, 0.29) is 6.03 Å². The largest absolute Gasteiger partial charge is 0.494 e. The molecule has 0 unspecified atom stereocenters. The molecule has 4 nitrogen and oxygen atoms in total. The lowest BCUT2D eigenvalue weighted by Crippen LogP contribution is -2.34. The number of benzene rings is 1. The first kappa shape index (κ1) is 13.4. The topological polar surface area (TPSA) is 41.6 Å². The molecule has 0 aliphatic rings. The summed E-state index contributed by atoms with van der Waals surface area (Å²) in [5.41, 5.74) is 0.757. The summed E-state index contributed by atoms with van der Waals surface area (Å²) in [6.45, 7) is 7.87. The first-order chi connectivity index (χ1) is 8.21. The van der Waals surface area contributed by atoms with Gasteiger partial charge in [0, 0.05) is 24.8 Å². The van der Waals surface area contributed by atoms with Gasteiger partial charge in [0.1, 0.15) is 5.75 Å². The predicted molar refractivity (Wildman–Crippen MR) is 69.6 cm³/mol. The van der Waals surface area contributed by atoms with Crippen LogP contribution in [0.1, 0.15) is 20.8 Å². The molecule has 1 N–H and O–H groups in total. The molecule has 17 heavy (non-hydrogen) atoms. The van der Waals surface area contributed by atoms with Gasteiger partial charge in [0.25, 0.3) is 0 Å². The first-order valence-electron chi connectivity index (χ1n) is 6.00. The maximum Gasteiger partial charge on any atom is 0.321 e. The van der Waals surface area contributed by atoms with Gasteiger partial charge < -0.3 is 15.0 Å². The van der Waals surface area contributed by atoms with Crippen molar-refractivity contribution in [2.75, 3.05) is 25.0 Å². The van der Waals surface area contributed by atoms with E-state index in [1.54, 1.807) is 4.90 Å². The van der Waals surface area contributed by atoms with Gasteiger partial charge in [-0.15, -0.1) is 0 Å². The Kier molecular flexibility index (Phi) is 5.33. The zero-order chi connectivity index (χ0) is 12.7. The average Bonchev–Trinajstić information content (AvgIpc) is 2.31. The number of nitrogens with one attached hydrogen (secondary N) is 1. The number of carbonyl (C=O) groups excluding carboxylic acids is 1. The van der Waals surface area contributed by atoms with Gasteiger partial charge in [0.05, 0.1) is 6.61 Å². The van der Waals surface area contributed by atoms with Crippen molar-refractivity contribution in [1.82, 2.24) is 4.90 Å². The zero-order valence-electron chi connectivity index (χ0n) is 10.7. The standard InChI is InChI=1S/C13H20N2O2/c1-4-15(5-2)13(16)14-11-8-7-9-12(10-11)17-6-3/h7-10H,4-6H2,1-3H3,(H,14,16). The van der Waals surface area contributed by atoms with Gasteiger partial charge in [-0.25, -0.2) is 4.79 Å². The predicted octanol–water partition coefficient (Wildman–Crippen LogP) is 2.96. The van der Waals surface area contributed by atoms with Crippen LogP contribution in [-0.4, -0.2) is 30.6 Å². The van der Waals surface area contributed by atoms with E-state index >= 15 is 0 Å². The van der Waals surface area contributed by atoms with E-state index in [0.29, 0.717) is 19.7 Å². The summed E-state index contributed by atoms with van der Waals surface area (Å²) < 4.78 is 5.38. The van der Waals surface area contributed by atoms with Crippen molar-refractivity contribution in [2.24, 2.45) is 0 Å². The molecule has 0 bridgehead atoms. The fourth-order valence-electron chi connectivity index (χ4n) is 1.54. The Balaban J connectivity index is 2.67. The van der Waals surface area contributed by atoms with Crippen LogP contribution in [0.4, 0.5) is 10.5 Å². The van der Waals surface area contributed by atoms with Crippen LogP contribution < -0.4 is 10.1 Å². The van der Waals surface area contributed by atoms with E-state index in [2.05, 4.69) is 5.32 Å². The number of urea groups is 1. The Labute approximate surface area is 103 Å². The highest BCUT2D eigenvalue weighted by Crippen LogP contribution is 2.17. The lowest BCUT2D eigenvalue weighted by Gasteiger charge is -2.19. The van der Waals surface area contributed by atoms with Crippen LogP contribution in [0.2, 0.25) is 0 Å². The second-order valence-corrected chi connectivity index (χ2v) is 3.56. The van der Waals surface area contributed by atoms with Crippen LogP contribution >= 0.6 is 0 Å². The fraction of sp³-hybridized carbons (Fsp3) is 0.462. The van der Waals surface area contributed by atoms with Gasteiger partial charge in [-0.05, 0) is 32.9 Å². The Morgan fingerprint density at radius 1 is 1.29 bits per heavy atom. The number of hydrogen-bond donors (Lipinski definition) is 1. The van der Waals surface area contributed by atoms with E-state index in [1.807, 2.05) is 45.0 Å². The van der Waals surface area contributed by atoms with E-state index < -0.39 is 0 Å². The molecule has 0 aliphatic carbocycles. The third kappa shape index (κ3) is 3.98. The highest BCUT2D eigenvalue weighted by atomic mass is 16.5.